The summed E-state index contributed by atoms with van der Waals surface area (Å²) in [5.41, 5.74) is 0. The van der Waals surface area contributed by atoms with Gasteiger partial charge in [-0.1, -0.05) is 243 Å². The molecular weight excluding hydrogens is 753 g/mol. The molecular formula is C48H40O4Si4. The van der Waals surface area contributed by atoms with Crippen molar-refractivity contribution in [1.82, 2.24) is 0 Å². The van der Waals surface area contributed by atoms with Crippen LogP contribution in [-0.2, 0) is 16.5 Å². The van der Waals surface area contributed by atoms with Crippen LogP contribution in [0.5, 0.6) is 0 Å². The molecule has 0 spiro atoms. The predicted octanol–water partition coefficient (Wildman–Crippen LogP) is 5.09. The van der Waals surface area contributed by atoms with E-state index in [1.165, 1.54) is 0 Å². The minimum absolute atomic E-state index is 0.885. The van der Waals surface area contributed by atoms with Crippen molar-refractivity contribution in [2.45, 2.75) is 0 Å². The van der Waals surface area contributed by atoms with E-state index in [4.69, 9.17) is 16.5 Å². The Morgan fingerprint density at radius 3 is 0.768 bits per heavy atom. The second-order valence-electron chi connectivity index (χ2n) is 13.8. The first kappa shape index (κ1) is 36.1. The summed E-state index contributed by atoms with van der Waals surface area (Å²) < 4.78 is 32.7. The van der Waals surface area contributed by atoms with Crippen LogP contribution in [0.1, 0.15) is 0 Å². The topological polar surface area (TPSA) is 36.9 Å². The summed E-state index contributed by atoms with van der Waals surface area (Å²) in [5, 5.41) is 8.12. The van der Waals surface area contributed by atoms with Gasteiger partial charge in [0.1, 0.15) is 0 Å². The second kappa shape index (κ2) is 15.5. The van der Waals surface area contributed by atoms with Crippen LogP contribution in [0.3, 0.4) is 0 Å². The highest BCUT2D eigenvalue weighted by Crippen LogP contribution is 2.34. The third-order valence-corrected chi connectivity index (χ3v) is 28.3. The minimum atomic E-state index is -4.18. The quantitative estimate of drug-likeness (QED) is 0.143. The van der Waals surface area contributed by atoms with Gasteiger partial charge in [0.15, 0.2) is 0 Å². The minimum Gasteiger partial charge on any atom is -0.402 e. The molecule has 1 fully saturated rings. The summed E-state index contributed by atoms with van der Waals surface area (Å²) in [6, 6.07) is 84.5. The first-order valence-corrected chi connectivity index (χ1v) is 26.2. The van der Waals surface area contributed by atoms with Crippen molar-refractivity contribution < 1.29 is 16.5 Å². The maximum Gasteiger partial charge on any atom is 0.510 e. The molecule has 0 radical (unpaired) electrons. The zero-order valence-electron chi connectivity index (χ0n) is 30.7. The zero-order valence-corrected chi connectivity index (χ0v) is 34.7. The lowest BCUT2D eigenvalue weighted by atomic mass is 10.3. The monoisotopic (exact) mass is 792 g/mol. The van der Waals surface area contributed by atoms with Crippen molar-refractivity contribution in [2.24, 2.45) is 0 Å². The third kappa shape index (κ3) is 6.42. The standard InChI is InChI=1S/C48H40O4Si4/c1-9-25-41(26-10-1)53(42-27-11-2-12-28-42,43-29-13-3-14-30-43)49-56(48-39-23-8-24-40-48)51-54(44-31-15-4-16-32-44,45-33-17-5-18-34-45)50-55(52-56,46-35-19-6-20-36-46)47-37-21-7-22-38-47/h1-40H. The summed E-state index contributed by atoms with van der Waals surface area (Å²) in [6.07, 6.45) is 0. The summed E-state index contributed by atoms with van der Waals surface area (Å²) >= 11 is 0. The maximum absolute atomic E-state index is 8.43. The number of hydrogen-bond acceptors (Lipinski definition) is 4. The molecule has 1 aliphatic rings. The molecule has 0 N–H and O–H groups in total. The first-order valence-electron chi connectivity index (χ1n) is 18.9. The average molecular weight is 793 g/mol. The van der Waals surface area contributed by atoms with Gasteiger partial charge in [-0.2, -0.15) is 0 Å². The van der Waals surface area contributed by atoms with E-state index in [1.54, 1.807) is 0 Å². The summed E-state index contributed by atoms with van der Waals surface area (Å²) in [6.45, 7) is 0. The fourth-order valence-corrected chi connectivity index (χ4v) is 30.2. The molecule has 0 bridgehead atoms. The lowest BCUT2D eigenvalue weighted by Gasteiger charge is -2.54. The molecule has 8 aromatic carbocycles. The molecule has 0 atom stereocenters. The van der Waals surface area contributed by atoms with Gasteiger partial charge < -0.3 is 16.5 Å². The van der Waals surface area contributed by atoms with Gasteiger partial charge in [-0.15, -0.1) is 0 Å². The van der Waals surface area contributed by atoms with Crippen LogP contribution < -0.4 is 41.5 Å². The van der Waals surface area contributed by atoms with E-state index in [0.717, 1.165) is 41.5 Å². The van der Waals surface area contributed by atoms with Crippen LogP contribution in [0.4, 0.5) is 0 Å². The Balaban J connectivity index is 1.44. The van der Waals surface area contributed by atoms with Gasteiger partial charge in [0.2, 0.25) is 0 Å². The van der Waals surface area contributed by atoms with Crippen LogP contribution in [0, 0.1) is 0 Å². The molecule has 1 saturated heterocycles. The number of benzene rings is 8. The second-order valence-corrected chi connectivity index (χ2v) is 26.6. The molecule has 1 heterocycles. The number of rotatable bonds is 10. The molecule has 9 rings (SSSR count). The highest BCUT2D eigenvalue weighted by atomic mass is 28.6. The summed E-state index contributed by atoms with van der Waals surface area (Å²) in [4.78, 5) is 0. The van der Waals surface area contributed by atoms with Crippen molar-refractivity contribution >= 4 is 75.7 Å². The maximum atomic E-state index is 8.43. The molecule has 8 heteroatoms. The third-order valence-electron chi connectivity index (χ3n) is 10.4. The molecule has 56 heavy (non-hydrogen) atoms. The van der Waals surface area contributed by atoms with E-state index in [0.29, 0.717) is 0 Å². The van der Waals surface area contributed by atoms with Crippen molar-refractivity contribution in [2.75, 3.05) is 0 Å². The average Bonchev–Trinajstić information content (AvgIpc) is 3.30. The smallest absolute Gasteiger partial charge is 0.402 e. The van der Waals surface area contributed by atoms with E-state index in [2.05, 4.69) is 212 Å². The van der Waals surface area contributed by atoms with E-state index < -0.39 is 34.2 Å². The lowest BCUT2D eigenvalue weighted by Crippen LogP contribution is -2.89. The Kier molecular flexibility index (Phi) is 10.0. The molecule has 0 amide bonds. The first-order chi connectivity index (χ1) is 27.7. The van der Waals surface area contributed by atoms with Gasteiger partial charge in [0.25, 0.3) is 8.32 Å². The molecule has 272 valence electrons. The molecule has 0 aromatic heterocycles. The van der Waals surface area contributed by atoms with Crippen molar-refractivity contribution in [3.63, 3.8) is 0 Å². The fourth-order valence-electron chi connectivity index (χ4n) is 7.84. The Morgan fingerprint density at radius 2 is 0.500 bits per heavy atom. The molecule has 0 saturated carbocycles. The fraction of sp³-hybridized carbons (Fsp3) is 0. The molecule has 0 unspecified atom stereocenters. The van der Waals surface area contributed by atoms with Crippen molar-refractivity contribution in [3.8, 4) is 0 Å². The SMILES string of the molecule is c1ccc([Si]2(O[Si](c3ccccc3)(c3ccccc3)c3ccccc3)O[Si](c3ccccc3)(c3ccccc3)O[Si](c3ccccc3)(c3ccccc3)O2)cc1. The molecule has 1 aliphatic heterocycles. The highest BCUT2D eigenvalue weighted by Gasteiger charge is 2.70. The predicted molar refractivity (Wildman–Crippen MR) is 236 cm³/mol. The Labute approximate surface area is 333 Å². The van der Waals surface area contributed by atoms with E-state index >= 15 is 0 Å². The van der Waals surface area contributed by atoms with Gasteiger partial charge in [-0.3, -0.25) is 0 Å². The van der Waals surface area contributed by atoms with E-state index in [-0.39, 0.29) is 0 Å². The summed E-state index contributed by atoms with van der Waals surface area (Å²) in [5.74, 6) is 0. The largest absolute Gasteiger partial charge is 0.510 e. The zero-order chi connectivity index (χ0) is 37.7. The Morgan fingerprint density at radius 1 is 0.268 bits per heavy atom. The normalized spacial score (nSPS) is 15.8. The Bertz CT molecular complexity index is 2200. The van der Waals surface area contributed by atoms with Crippen molar-refractivity contribution in [1.29, 1.82) is 0 Å². The van der Waals surface area contributed by atoms with Crippen molar-refractivity contribution in [3.05, 3.63) is 243 Å². The van der Waals surface area contributed by atoms with Crippen LogP contribution in [-0.4, -0.2) is 34.2 Å². The lowest BCUT2D eigenvalue weighted by molar-refractivity contribution is 0.194. The van der Waals surface area contributed by atoms with E-state index in [9.17, 15) is 0 Å². The molecule has 8 aromatic rings. The van der Waals surface area contributed by atoms with Gasteiger partial charge in [0.05, 0.1) is 0 Å². The van der Waals surface area contributed by atoms with Crippen LogP contribution in [0.15, 0.2) is 243 Å². The molecule has 0 aliphatic carbocycles. The van der Waals surface area contributed by atoms with E-state index in [1.807, 2.05) is 30.3 Å². The van der Waals surface area contributed by atoms with Crippen LogP contribution in [0.2, 0.25) is 0 Å². The van der Waals surface area contributed by atoms with Gasteiger partial charge >= 0.3 is 25.9 Å². The highest BCUT2D eigenvalue weighted by molar-refractivity contribution is 7.16. The summed E-state index contributed by atoms with van der Waals surface area (Å²) in [7, 11) is -15.2. The van der Waals surface area contributed by atoms with Gasteiger partial charge in [0, 0.05) is 5.19 Å². The van der Waals surface area contributed by atoms with Gasteiger partial charge in [-0.25, -0.2) is 0 Å². The molecule has 4 nitrogen and oxygen atoms in total. The van der Waals surface area contributed by atoms with Crippen LogP contribution in [0.25, 0.3) is 0 Å². The number of hydrogen-bond donors (Lipinski definition) is 0. The Hall–Kier alpha value is -5.53. The van der Waals surface area contributed by atoms with Gasteiger partial charge in [-0.05, 0) is 36.3 Å². The van der Waals surface area contributed by atoms with Crippen LogP contribution >= 0.6 is 0 Å².